The number of ether oxygens (including phenoxy) is 3. The molecule has 1 aliphatic heterocycles. The van der Waals surface area contributed by atoms with Crippen molar-refractivity contribution in [3.63, 3.8) is 0 Å². The molecule has 4 atom stereocenters. The fourth-order valence-corrected chi connectivity index (χ4v) is 8.48. The van der Waals surface area contributed by atoms with E-state index in [2.05, 4.69) is 37.9 Å². The molecule has 1 unspecified atom stereocenters. The Balaban J connectivity index is 1.34. The van der Waals surface area contributed by atoms with E-state index in [1.807, 2.05) is 36.4 Å². The molecule has 3 N–H and O–H groups in total. The average molecular weight is 891 g/mol. The summed E-state index contributed by atoms with van der Waals surface area (Å²) in [6.45, 7) is 14.2. The lowest BCUT2D eigenvalue weighted by molar-refractivity contribution is -0.142. The molecule has 0 spiro atoms. The minimum absolute atomic E-state index is 0.0258. The highest BCUT2D eigenvalue weighted by atomic mass is 79.9. The fourth-order valence-electron chi connectivity index (χ4n) is 6.85. The first-order valence-electron chi connectivity index (χ1n) is 18.9. The van der Waals surface area contributed by atoms with E-state index in [4.69, 9.17) is 19.2 Å². The second-order valence-corrected chi connectivity index (χ2v) is 19.3. The van der Waals surface area contributed by atoms with Gasteiger partial charge in [-0.1, -0.05) is 79.7 Å². The maximum Gasteiger partial charge on any atom is 0.408 e. The lowest BCUT2D eigenvalue weighted by Gasteiger charge is -2.36. The van der Waals surface area contributed by atoms with Gasteiger partial charge in [-0.2, -0.15) is 0 Å². The van der Waals surface area contributed by atoms with Gasteiger partial charge >= 0.3 is 6.09 Å². The summed E-state index contributed by atoms with van der Waals surface area (Å²) in [7, 11) is -2.78. The normalized spacial score (nSPS) is 19.7. The number of nitrogens with one attached hydrogen (secondary N) is 3. The summed E-state index contributed by atoms with van der Waals surface area (Å²) >= 11 is 3.25. The van der Waals surface area contributed by atoms with Gasteiger partial charge in [-0.15, -0.1) is 0 Å². The summed E-state index contributed by atoms with van der Waals surface area (Å²) < 4.78 is 46.7. The number of amides is 4. The van der Waals surface area contributed by atoms with Crippen LogP contribution in [0.15, 0.2) is 100 Å². The van der Waals surface area contributed by atoms with Crippen LogP contribution in [0.1, 0.15) is 54.4 Å². The van der Waals surface area contributed by atoms with Crippen molar-refractivity contribution in [2.75, 3.05) is 13.7 Å². The van der Waals surface area contributed by atoms with E-state index in [9.17, 15) is 27.6 Å². The Hall–Kier alpha value is -5.48. The molecule has 312 valence electrons. The van der Waals surface area contributed by atoms with Gasteiger partial charge in [0.25, 0.3) is 15.9 Å². The predicted molar refractivity (Wildman–Crippen MR) is 225 cm³/mol. The number of halogens is 1. The smallest absolute Gasteiger partial charge is 0.408 e. The number of carbonyl (C=O) groups is 4. The van der Waals surface area contributed by atoms with Crippen molar-refractivity contribution in [3.8, 4) is 22.8 Å². The lowest BCUT2D eigenvalue weighted by Crippen LogP contribution is -2.60. The van der Waals surface area contributed by atoms with E-state index in [0.29, 0.717) is 32.6 Å². The molecule has 14 nitrogen and oxygen atoms in total. The van der Waals surface area contributed by atoms with Crippen LogP contribution in [0, 0.1) is 5.41 Å². The summed E-state index contributed by atoms with van der Waals surface area (Å²) in [4.78, 5) is 62.0. The monoisotopic (exact) mass is 889 g/mol. The van der Waals surface area contributed by atoms with E-state index in [1.165, 1.54) is 23.1 Å². The first kappa shape index (κ1) is 43.1. The van der Waals surface area contributed by atoms with Gasteiger partial charge in [-0.05, 0) is 62.1 Å². The van der Waals surface area contributed by atoms with Gasteiger partial charge in [0.05, 0.1) is 29.8 Å². The molecule has 1 saturated heterocycles. The number of aromatic nitrogens is 1. The molecule has 1 saturated carbocycles. The predicted octanol–water partition coefficient (Wildman–Crippen LogP) is 6.28. The lowest BCUT2D eigenvalue weighted by atomic mass is 9.85. The van der Waals surface area contributed by atoms with Gasteiger partial charge in [0.2, 0.25) is 11.8 Å². The van der Waals surface area contributed by atoms with Gasteiger partial charge in [-0.3, -0.25) is 14.4 Å². The van der Waals surface area contributed by atoms with E-state index in [-0.39, 0.29) is 29.9 Å². The number of fused-ring (bicyclic) bond motifs is 1. The highest BCUT2D eigenvalue weighted by Gasteiger charge is 2.58. The van der Waals surface area contributed by atoms with Gasteiger partial charge in [0, 0.05) is 40.4 Å². The Labute approximate surface area is 352 Å². The molecule has 4 aromatic rings. The van der Waals surface area contributed by atoms with Crippen LogP contribution in [0.3, 0.4) is 0 Å². The number of pyridine rings is 1. The van der Waals surface area contributed by atoms with E-state index in [0.717, 1.165) is 5.56 Å². The third-order valence-electron chi connectivity index (χ3n) is 9.98. The average Bonchev–Trinajstić information content (AvgIpc) is 3.61. The molecule has 59 heavy (non-hydrogen) atoms. The number of carbonyl (C=O) groups excluding carboxylic acids is 4. The number of rotatable bonds is 11. The van der Waals surface area contributed by atoms with Crippen LogP contribution in [-0.2, 0) is 29.1 Å². The third kappa shape index (κ3) is 9.71. The molecule has 0 radical (unpaired) electrons. The maximum atomic E-state index is 14.7. The zero-order chi connectivity index (χ0) is 43.1. The highest BCUT2D eigenvalue weighted by molar-refractivity contribution is 9.10. The highest BCUT2D eigenvalue weighted by Crippen LogP contribution is 2.43. The number of hydrogen-bond donors (Lipinski definition) is 3. The molecule has 0 bridgehead atoms. The molecular weight excluding hydrogens is 842 g/mol. The first-order chi connectivity index (χ1) is 27.6. The summed E-state index contributed by atoms with van der Waals surface area (Å²) in [5.74, 6) is -1.29. The standard InChI is InChI=1S/C43H48BrN5O9S/c1-25-23-43(25,39(52)48-59(54,55)30-16-12-15-27(44)19-30)47-37(50)34-21-29(24-49(34)38(51)36(41(2,3)4)46-40(53)58-42(5,6)7)57-35-22-32(26-13-10-9-11-14-26)45-33-20-28(56-8)17-18-31(33)35/h9-20,22,29,34,36H,1,21,23-24H2,2-8H3,(H,46,53)(H,47,50)(H,48,52)/t29-,34+,36?,43-/m1/s1. The maximum absolute atomic E-state index is 14.7. The molecule has 2 aliphatic rings. The number of benzene rings is 3. The van der Waals surface area contributed by atoms with E-state index in [1.54, 1.807) is 72.9 Å². The Morgan fingerprint density at radius 3 is 2.27 bits per heavy atom. The van der Waals surface area contributed by atoms with Crippen LogP contribution in [-0.4, -0.2) is 85.1 Å². The van der Waals surface area contributed by atoms with Crippen molar-refractivity contribution in [1.82, 2.24) is 25.2 Å². The number of methoxy groups -OCH3 is 1. The molecule has 16 heteroatoms. The molecule has 2 fully saturated rings. The fraction of sp³-hybridized carbons (Fsp3) is 0.372. The minimum atomic E-state index is -4.34. The van der Waals surface area contributed by atoms with Crippen LogP contribution < -0.4 is 24.8 Å². The van der Waals surface area contributed by atoms with Gasteiger partial charge in [0.1, 0.15) is 40.8 Å². The third-order valence-corrected chi connectivity index (χ3v) is 11.8. The molecule has 3 aromatic carbocycles. The molecule has 2 heterocycles. The topological polar surface area (TPSA) is 182 Å². The molecular formula is C43H48BrN5O9S. The Kier molecular flexibility index (Phi) is 11.9. The number of hydrogen-bond acceptors (Lipinski definition) is 10. The molecule has 6 rings (SSSR count). The molecule has 4 amide bonds. The van der Waals surface area contributed by atoms with Crippen LogP contribution in [0.25, 0.3) is 22.2 Å². The van der Waals surface area contributed by atoms with Crippen molar-refractivity contribution in [2.24, 2.45) is 5.41 Å². The summed E-state index contributed by atoms with van der Waals surface area (Å²) in [5, 5.41) is 6.10. The van der Waals surface area contributed by atoms with Crippen LogP contribution in [0.5, 0.6) is 11.5 Å². The van der Waals surface area contributed by atoms with Gasteiger partial charge in [0.15, 0.2) is 0 Å². The van der Waals surface area contributed by atoms with Gasteiger partial charge in [-0.25, -0.2) is 22.9 Å². The number of likely N-dealkylation sites (tertiary alicyclic amines) is 1. The van der Waals surface area contributed by atoms with Crippen molar-refractivity contribution in [1.29, 1.82) is 0 Å². The zero-order valence-corrected chi connectivity index (χ0v) is 36.3. The summed E-state index contributed by atoms with van der Waals surface area (Å²) in [6.07, 6.45) is -1.64. The van der Waals surface area contributed by atoms with E-state index < -0.39 is 68.6 Å². The van der Waals surface area contributed by atoms with Crippen LogP contribution in [0.2, 0.25) is 0 Å². The van der Waals surface area contributed by atoms with Crippen LogP contribution >= 0.6 is 15.9 Å². The molecule has 1 aliphatic carbocycles. The first-order valence-corrected chi connectivity index (χ1v) is 21.2. The Morgan fingerprint density at radius 2 is 1.66 bits per heavy atom. The van der Waals surface area contributed by atoms with Crippen LogP contribution in [0.4, 0.5) is 4.79 Å². The zero-order valence-electron chi connectivity index (χ0n) is 33.9. The minimum Gasteiger partial charge on any atom is -0.497 e. The summed E-state index contributed by atoms with van der Waals surface area (Å²) in [5.41, 5.74) is -1.14. The number of alkyl carbamates (subject to hydrolysis) is 1. The Bertz CT molecular complexity index is 2430. The SMILES string of the molecule is C=C1C[C@]1(NC(=O)[C@@H]1C[C@@H](Oc2cc(-c3ccccc3)nc3cc(OC)ccc23)CN1C(=O)C(NC(=O)OC(C)(C)C)C(C)(C)C)C(=O)NS(=O)(=O)c1cccc(Br)c1. The number of sulfonamides is 1. The largest absolute Gasteiger partial charge is 0.497 e. The number of nitrogens with zero attached hydrogens (tertiary/aromatic N) is 2. The van der Waals surface area contributed by atoms with Crippen molar-refractivity contribution in [2.45, 2.75) is 88.6 Å². The van der Waals surface area contributed by atoms with Crippen molar-refractivity contribution < 1.29 is 41.8 Å². The van der Waals surface area contributed by atoms with Crippen molar-refractivity contribution >= 4 is 60.7 Å². The second-order valence-electron chi connectivity index (χ2n) is 16.7. The van der Waals surface area contributed by atoms with E-state index >= 15 is 0 Å². The quantitative estimate of drug-likeness (QED) is 0.145. The van der Waals surface area contributed by atoms with Gasteiger partial charge < -0.3 is 29.7 Å². The van der Waals surface area contributed by atoms with Crippen molar-refractivity contribution in [3.05, 3.63) is 95.5 Å². The summed E-state index contributed by atoms with van der Waals surface area (Å²) in [6, 6.07) is 20.1. The Morgan fingerprint density at radius 1 is 0.966 bits per heavy atom. The second kappa shape index (κ2) is 16.3. The molecule has 1 aromatic heterocycles.